The predicted molar refractivity (Wildman–Crippen MR) is 53.9 cm³/mol. The van der Waals surface area contributed by atoms with Crippen LogP contribution in [0.1, 0.15) is 26.3 Å². The number of allylic oxidation sites excluding steroid dienone is 1. The van der Waals surface area contributed by atoms with Gasteiger partial charge < -0.3 is 0 Å². The number of hydrogen-bond acceptors (Lipinski definition) is 0. The Balaban J connectivity index is 3.11. The highest BCUT2D eigenvalue weighted by molar-refractivity contribution is 5.63. The Labute approximate surface area is 78.4 Å². The van der Waals surface area contributed by atoms with E-state index in [4.69, 9.17) is 0 Å². The molecule has 0 nitrogen and oxygen atoms in total. The maximum Gasteiger partial charge on any atom is 0.123 e. The van der Waals surface area contributed by atoms with Crippen LogP contribution in [0.2, 0.25) is 0 Å². The summed E-state index contributed by atoms with van der Waals surface area (Å²) < 4.78 is 12.6. The average Bonchev–Trinajstić information content (AvgIpc) is 2.04. The Morgan fingerprint density at radius 1 is 1.08 bits per heavy atom. The third-order valence-electron chi connectivity index (χ3n) is 1.71. The van der Waals surface area contributed by atoms with Crippen molar-refractivity contribution in [3.63, 3.8) is 0 Å². The van der Waals surface area contributed by atoms with Gasteiger partial charge in [-0.3, -0.25) is 0 Å². The molecule has 68 valence electrons. The first-order valence-electron chi connectivity index (χ1n) is 4.26. The molecule has 1 rings (SSSR count). The van der Waals surface area contributed by atoms with Crippen molar-refractivity contribution in [2.45, 2.75) is 20.8 Å². The first-order chi connectivity index (χ1) is 6.09. The van der Waals surface area contributed by atoms with E-state index in [1.54, 1.807) is 12.1 Å². The van der Waals surface area contributed by atoms with Crippen molar-refractivity contribution >= 4 is 5.57 Å². The van der Waals surface area contributed by atoms with E-state index >= 15 is 0 Å². The Morgan fingerprint density at radius 2 is 1.62 bits per heavy atom. The van der Waals surface area contributed by atoms with E-state index in [0.717, 1.165) is 16.7 Å². The van der Waals surface area contributed by atoms with Crippen LogP contribution < -0.4 is 0 Å². The Hall–Kier alpha value is -1.33. The van der Waals surface area contributed by atoms with Crippen LogP contribution >= 0.6 is 0 Å². The topological polar surface area (TPSA) is 0 Å². The minimum Gasteiger partial charge on any atom is -0.207 e. The largest absolute Gasteiger partial charge is 0.207 e. The fourth-order valence-electron chi connectivity index (χ4n) is 1.15. The molecule has 0 spiro atoms. The summed E-state index contributed by atoms with van der Waals surface area (Å²) in [7, 11) is 0. The molecule has 1 aromatic carbocycles. The highest BCUT2D eigenvalue weighted by Gasteiger charge is 1.94. The van der Waals surface area contributed by atoms with Gasteiger partial charge in [-0.2, -0.15) is 0 Å². The van der Waals surface area contributed by atoms with Crippen molar-refractivity contribution in [2.75, 3.05) is 0 Å². The van der Waals surface area contributed by atoms with Gasteiger partial charge in [0.2, 0.25) is 0 Å². The van der Waals surface area contributed by atoms with Crippen molar-refractivity contribution in [1.29, 1.82) is 0 Å². The first kappa shape index (κ1) is 9.76. The molecular formula is C12H13F. The van der Waals surface area contributed by atoms with Crippen LogP contribution in [0.3, 0.4) is 0 Å². The van der Waals surface area contributed by atoms with E-state index in [9.17, 15) is 4.39 Å². The first-order valence-corrected chi connectivity index (χ1v) is 4.26. The molecule has 0 aliphatic carbocycles. The molecule has 0 aliphatic rings. The maximum atomic E-state index is 12.6. The third kappa shape index (κ3) is 2.89. The molecule has 0 amide bonds. The maximum absolute atomic E-state index is 12.6. The van der Waals surface area contributed by atoms with Gasteiger partial charge in [-0.25, -0.2) is 4.39 Å². The molecule has 0 fully saturated rings. The molecular weight excluding hydrogens is 163 g/mol. The van der Waals surface area contributed by atoms with E-state index in [0.29, 0.717) is 0 Å². The third-order valence-corrected chi connectivity index (χ3v) is 1.71. The van der Waals surface area contributed by atoms with Gasteiger partial charge in [0.25, 0.3) is 0 Å². The number of hydrogen-bond donors (Lipinski definition) is 0. The van der Waals surface area contributed by atoms with Crippen molar-refractivity contribution in [1.82, 2.24) is 0 Å². The van der Waals surface area contributed by atoms with Gasteiger partial charge in [-0.1, -0.05) is 12.1 Å². The summed E-state index contributed by atoms with van der Waals surface area (Å²) in [6.07, 6.45) is 0. The van der Waals surface area contributed by atoms with E-state index < -0.39 is 0 Å². The van der Waals surface area contributed by atoms with Crippen LogP contribution in [0.5, 0.6) is 0 Å². The second-order valence-corrected chi connectivity index (χ2v) is 3.26. The van der Waals surface area contributed by atoms with Gasteiger partial charge in [-0.05, 0) is 49.6 Å². The van der Waals surface area contributed by atoms with E-state index in [1.807, 2.05) is 20.8 Å². The summed E-state index contributed by atoms with van der Waals surface area (Å²) in [5.74, 6) is -0.200. The summed E-state index contributed by atoms with van der Waals surface area (Å²) in [5, 5.41) is 0. The zero-order valence-corrected chi connectivity index (χ0v) is 8.19. The van der Waals surface area contributed by atoms with Crippen LogP contribution in [0, 0.1) is 5.82 Å². The molecule has 13 heavy (non-hydrogen) atoms. The van der Waals surface area contributed by atoms with Gasteiger partial charge in [0.1, 0.15) is 5.82 Å². The average molecular weight is 176 g/mol. The second kappa shape index (κ2) is 4.06. The molecule has 0 unspecified atom stereocenters. The SMILES string of the molecule is CC(C)=C=C(C)c1ccc(F)cc1. The van der Waals surface area contributed by atoms with E-state index in [1.165, 1.54) is 12.1 Å². The zero-order chi connectivity index (χ0) is 9.84. The van der Waals surface area contributed by atoms with Crippen molar-refractivity contribution in [3.8, 4) is 0 Å². The molecule has 0 aliphatic heterocycles. The normalized spacial score (nSPS) is 9.23. The molecule has 0 saturated heterocycles. The van der Waals surface area contributed by atoms with Crippen LogP contribution in [0.15, 0.2) is 35.6 Å². The minimum atomic E-state index is -0.200. The predicted octanol–water partition coefficient (Wildman–Crippen LogP) is 3.79. The number of benzene rings is 1. The Morgan fingerprint density at radius 3 is 2.08 bits per heavy atom. The zero-order valence-electron chi connectivity index (χ0n) is 8.19. The highest BCUT2D eigenvalue weighted by atomic mass is 19.1. The van der Waals surface area contributed by atoms with Gasteiger partial charge in [-0.15, -0.1) is 5.73 Å². The lowest BCUT2D eigenvalue weighted by molar-refractivity contribution is 0.627. The highest BCUT2D eigenvalue weighted by Crippen LogP contribution is 2.13. The van der Waals surface area contributed by atoms with Crippen molar-refractivity contribution in [2.24, 2.45) is 0 Å². The quantitative estimate of drug-likeness (QED) is 0.571. The molecule has 0 bridgehead atoms. The molecule has 0 aromatic heterocycles. The minimum absolute atomic E-state index is 0.200. The molecule has 0 saturated carbocycles. The van der Waals surface area contributed by atoms with Crippen molar-refractivity contribution < 1.29 is 4.39 Å². The number of halogens is 1. The van der Waals surface area contributed by atoms with E-state index in [2.05, 4.69) is 5.73 Å². The molecule has 1 aromatic rings. The lowest BCUT2D eigenvalue weighted by atomic mass is 10.1. The van der Waals surface area contributed by atoms with Crippen LogP contribution in [0.25, 0.3) is 5.57 Å². The van der Waals surface area contributed by atoms with Gasteiger partial charge in [0.05, 0.1) is 0 Å². The van der Waals surface area contributed by atoms with Gasteiger partial charge in [0.15, 0.2) is 0 Å². The lowest BCUT2D eigenvalue weighted by Crippen LogP contribution is -1.79. The molecule has 0 N–H and O–H groups in total. The summed E-state index contributed by atoms with van der Waals surface area (Å²) in [5.41, 5.74) is 6.37. The summed E-state index contributed by atoms with van der Waals surface area (Å²) >= 11 is 0. The van der Waals surface area contributed by atoms with Gasteiger partial charge >= 0.3 is 0 Å². The number of rotatable bonds is 1. The molecule has 0 atom stereocenters. The second-order valence-electron chi connectivity index (χ2n) is 3.26. The fraction of sp³-hybridized carbons (Fsp3) is 0.250. The standard InChI is InChI=1S/C12H13F/c1-9(2)8-10(3)11-4-6-12(13)7-5-11/h4-7H,1-3H3. The molecule has 1 heteroatoms. The van der Waals surface area contributed by atoms with Crippen molar-refractivity contribution in [3.05, 3.63) is 47.0 Å². The molecule has 0 radical (unpaired) electrons. The lowest BCUT2D eigenvalue weighted by Gasteiger charge is -1.97. The summed E-state index contributed by atoms with van der Waals surface area (Å²) in [6.45, 7) is 5.96. The summed E-state index contributed by atoms with van der Waals surface area (Å²) in [6, 6.07) is 6.46. The Kier molecular flexibility index (Phi) is 3.05. The fourth-order valence-corrected chi connectivity index (χ4v) is 1.15. The van der Waals surface area contributed by atoms with Crippen LogP contribution in [-0.4, -0.2) is 0 Å². The van der Waals surface area contributed by atoms with Crippen LogP contribution in [-0.2, 0) is 0 Å². The smallest absolute Gasteiger partial charge is 0.123 e. The Bertz CT molecular complexity index is 347. The monoisotopic (exact) mass is 176 g/mol. The van der Waals surface area contributed by atoms with Crippen LogP contribution in [0.4, 0.5) is 4.39 Å². The summed E-state index contributed by atoms with van der Waals surface area (Å²) in [4.78, 5) is 0. The van der Waals surface area contributed by atoms with Gasteiger partial charge in [0, 0.05) is 0 Å². The van der Waals surface area contributed by atoms with E-state index in [-0.39, 0.29) is 5.82 Å². The molecule has 0 heterocycles.